The molecule has 2 aromatic rings. The van der Waals surface area contributed by atoms with Gasteiger partial charge < -0.3 is 10.1 Å². The number of aryl methyl sites for hydroxylation is 2. The molecule has 0 spiro atoms. The average Bonchev–Trinajstić information content (AvgIpc) is 2.57. The molecule has 0 aliphatic carbocycles. The molecule has 25 heavy (non-hydrogen) atoms. The van der Waals surface area contributed by atoms with E-state index in [9.17, 15) is 13.2 Å². The van der Waals surface area contributed by atoms with Crippen molar-refractivity contribution in [1.82, 2.24) is 4.72 Å². The highest BCUT2D eigenvalue weighted by Crippen LogP contribution is 2.17. The molecule has 0 aromatic heterocycles. The monoisotopic (exact) mass is 362 g/mol. The van der Waals surface area contributed by atoms with Crippen molar-refractivity contribution >= 4 is 21.6 Å². The summed E-state index contributed by atoms with van der Waals surface area (Å²) >= 11 is 0. The Bertz CT molecular complexity index is 846. The topological polar surface area (TPSA) is 84.5 Å². The Kier molecular flexibility index (Phi) is 6.17. The molecular weight excluding hydrogens is 340 g/mol. The van der Waals surface area contributed by atoms with Crippen LogP contribution in [0, 0.1) is 13.8 Å². The molecule has 7 heteroatoms. The molecule has 0 radical (unpaired) electrons. The maximum Gasteiger partial charge on any atom is 0.241 e. The third-order valence-electron chi connectivity index (χ3n) is 3.50. The molecule has 1 amide bonds. The molecular formula is C18H22N2O4S. The van der Waals surface area contributed by atoms with E-state index in [1.807, 2.05) is 19.9 Å². The van der Waals surface area contributed by atoms with Crippen molar-refractivity contribution in [2.45, 2.75) is 25.7 Å². The average molecular weight is 362 g/mol. The van der Waals surface area contributed by atoms with E-state index in [1.54, 1.807) is 43.3 Å². The molecule has 2 aromatic carbocycles. The molecule has 0 fully saturated rings. The van der Waals surface area contributed by atoms with E-state index in [2.05, 4.69) is 10.0 Å². The van der Waals surface area contributed by atoms with Crippen molar-refractivity contribution in [1.29, 1.82) is 0 Å². The lowest BCUT2D eigenvalue weighted by molar-refractivity contribution is -0.115. The molecule has 0 aliphatic heterocycles. The van der Waals surface area contributed by atoms with E-state index in [-0.39, 0.29) is 11.4 Å². The number of anilines is 1. The largest absolute Gasteiger partial charge is 0.494 e. The Labute approximate surface area is 148 Å². The molecule has 0 saturated carbocycles. The second kappa shape index (κ2) is 8.13. The maximum atomic E-state index is 12.4. The fourth-order valence-corrected chi connectivity index (χ4v) is 3.55. The zero-order valence-corrected chi connectivity index (χ0v) is 15.3. The summed E-state index contributed by atoms with van der Waals surface area (Å²) in [6.07, 6.45) is 0. The van der Waals surface area contributed by atoms with E-state index < -0.39 is 15.9 Å². The van der Waals surface area contributed by atoms with Gasteiger partial charge in [0, 0.05) is 5.69 Å². The van der Waals surface area contributed by atoms with Crippen molar-refractivity contribution in [2.75, 3.05) is 18.5 Å². The van der Waals surface area contributed by atoms with Gasteiger partial charge in [-0.25, -0.2) is 13.1 Å². The summed E-state index contributed by atoms with van der Waals surface area (Å²) in [6, 6.07) is 12.0. The molecule has 0 bridgehead atoms. The Morgan fingerprint density at radius 2 is 1.76 bits per heavy atom. The maximum absolute atomic E-state index is 12.4. The predicted molar refractivity (Wildman–Crippen MR) is 97.3 cm³/mol. The van der Waals surface area contributed by atoms with Crippen molar-refractivity contribution in [2.24, 2.45) is 0 Å². The van der Waals surface area contributed by atoms with Gasteiger partial charge in [-0.2, -0.15) is 0 Å². The number of ether oxygens (including phenoxy) is 1. The van der Waals surface area contributed by atoms with Gasteiger partial charge in [-0.1, -0.05) is 12.1 Å². The molecule has 0 heterocycles. The number of nitrogens with one attached hydrogen (secondary N) is 2. The van der Waals surface area contributed by atoms with Gasteiger partial charge in [0.25, 0.3) is 0 Å². The third kappa shape index (κ3) is 5.30. The first-order valence-corrected chi connectivity index (χ1v) is 9.40. The van der Waals surface area contributed by atoms with Crippen LogP contribution in [0.3, 0.4) is 0 Å². The number of carbonyl (C=O) groups excluding carboxylic acids is 1. The summed E-state index contributed by atoms with van der Waals surface area (Å²) in [5.74, 6) is 0.258. The Morgan fingerprint density at radius 1 is 1.08 bits per heavy atom. The van der Waals surface area contributed by atoms with Gasteiger partial charge >= 0.3 is 0 Å². The molecule has 0 unspecified atom stereocenters. The van der Waals surface area contributed by atoms with Crippen LogP contribution in [0.5, 0.6) is 5.75 Å². The lowest BCUT2D eigenvalue weighted by Crippen LogP contribution is -2.33. The number of hydrogen-bond donors (Lipinski definition) is 2. The van der Waals surface area contributed by atoms with E-state index in [0.29, 0.717) is 23.6 Å². The minimum absolute atomic E-state index is 0.182. The summed E-state index contributed by atoms with van der Waals surface area (Å²) < 4.78 is 32.4. The van der Waals surface area contributed by atoms with Gasteiger partial charge in [0.1, 0.15) is 5.75 Å². The summed E-state index contributed by atoms with van der Waals surface area (Å²) in [4.78, 5) is 12.2. The summed E-state index contributed by atoms with van der Waals surface area (Å²) in [5.41, 5.74) is 2.04. The van der Waals surface area contributed by atoms with Crippen LogP contribution in [0.1, 0.15) is 18.1 Å². The van der Waals surface area contributed by atoms with Crippen LogP contribution < -0.4 is 14.8 Å². The van der Waals surface area contributed by atoms with Crippen molar-refractivity contribution < 1.29 is 17.9 Å². The van der Waals surface area contributed by atoms with Crippen molar-refractivity contribution in [3.63, 3.8) is 0 Å². The highest BCUT2D eigenvalue weighted by molar-refractivity contribution is 7.89. The van der Waals surface area contributed by atoms with E-state index in [4.69, 9.17) is 4.74 Å². The minimum Gasteiger partial charge on any atom is -0.494 e. The lowest BCUT2D eigenvalue weighted by atomic mass is 10.2. The first-order valence-electron chi connectivity index (χ1n) is 7.91. The number of amides is 1. The van der Waals surface area contributed by atoms with Crippen LogP contribution in [0.2, 0.25) is 0 Å². The molecule has 134 valence electrons. The van der Waals surface area contributed by atoms with Crippen molar-refractivity contribution in [3.8, 4) is 5.75 Å². The first-order chi connectivity index (χ1) is 11.8. The molecule has 0 aliphatic rings. The van der Waals surface area contributed by atoms with Gasteiger partial charge in [-0.3, -0.25) is 4.79 Å². The summed E-state index contributed by atoms with van der Waals surface area (Å²) in [7, 11) is -3.75. The Morgan fingerprint density at radius 3 is 2.40 bits per heavy atom. The Hall–Kier alpha value is -2.38. The van der Waals surface area contributed by atoms with Crippen LogP contribution >= 0.6 is 0 Å². The van der Waals surface area contributed by atoms with E-state index in [0.717, 1.165) is 5.56 Å². The Balaban J connectivity index is 1.97. The van der Waals surface area contributed by atoms with Gasteiger partial charge in [0.2, 0.25) is 15.9 Å². The van der Waals surface area contributed by atoms with E-state index >= 15 is 0 Å². The number of benzene rings is 2. The van der Waals surface area contributed by atoms with Gasteiger partial charge in [0.15, 0.2) is 0 Å². The van der Waals surface area contributed by atoms with Crippen LogP contribution in [0.15, 0.2) is 47.4 Å². The normalized spacial score (nSPS) is 11.2. The fraction of sp³-hybridized carbons (Fsp3) is 0.278. The molecule has 0 atom stereocenters. The standard InChI is InChI=1S/C18H22N2O4S/c1-4-24-16-9-7-15(8-10-16)20-18(21)12-19-25(22,23)17-11-13(2)5-6-14(17)3/h5-11,19H,4,12H2,1-3H3,(H,20,21). The molecule has 6 nitrogen and oxygen atoms in total. The zero-order chi connectivity index (χ0) is 18.4. The van der Waals surface area contributed by atoms with Gasteiger partial charge in [-0.05, 0) is 62.2 Å². The van der Waals surface area contributed by atoms with Crippen LogP contribution in [-0.4, -0.2) is 27.5 Å². The molecule has 0 saturated heterocycles. The second-order valence-electron chi connectivity index (χ2n) is 5.60. The zero-order valence-electron chi connectivity index (χ0n) is 14.5. The number of rotatable bonds is 7. The van der Waals surface area contributed by atoms with E-state index in [1.165, 1.54) is 0 Å². The van der Waals surface area contributed by atoms with Crippen molar-refractivity contribution in [3.05, 3.63) is 53.6 Å². The van der Waals surface area contributed by atoms with Crippen LogP contribution in [0.4, 0.5) is 5.69 Å². The number of carbonyl (C=O) groups is 1. The summed E-state index contributed by atoms with van der Waals surface area (Å²) in [5, 5.41) is 2.64. The summed E-state index contributed by atoms with van der Waals surface area (Å²) in [6.45, 7) is 5.64. The number of sulfonamides is 1. The SMILES string of the molecule is CCOc1ccc(NC(=O)CNS(=O)(=O)c2cc(C)ccc2C)cc1. The predicted octanol–water partition coefficient (Wildman–Crippen LogP) is 2.62. The molecule has 2 N–H and O–H groups in total. The minimum atomic E-state index is -3.75. The third-order valence-corrected chi connectivity index (χ3v) is 5.05. The van der Waals surface area contributed by atoms with Gasteiger partial charge in [-0.15, -0.1) is 0 Å². The number of hydrogen-bond acceptors (Lipinski definition) is 4. The fourth-order valence-electron chi connectivity index (χ4n) is 2.24. The molecule has 2 rings (SSSR count). The highest BCUT2D eigenvalue weighted by Gasteiger charge is 2.18. The highest BCUT2D eigenvalue weighted by atomic mass is 32.2. The smallest absolute Gasteiger partial charge is 0.241 e. The second-order valence-corrected chi connectivity index (χ2v) is 7.33. The van der Waals surface area contributed by atoms with Crippen LogP contribution in [-0.2, 0) is 14.8 Å². The lowest BCUT2D eigenvalue weighted by Gasteiger charge is -2.11. The van der Waals surface area contributed by atoms with Gasteiger partial charge in [0.05, 0.1) is 18.0 Å². The van der Waals surface area contributed by atoms with Crippen LogP contribution in [0.25, 0.3) is 0 Å². The first kappa shape index (κ1) is 19.0. The quantitative estimate of drug-likeness (QED) is 0.793.